The Bertz CT molecular complexity index is 1090. The predicted molar refractivity (Wildman–Crippen MR) is 105 cm³/mol. The molecule has 0 bridgehead atoms. The number of aromatic hydroxyl groups is 1. The van der Waals surface area contributed by atoms with Crippen LogP contribution < -0.4 is 5.32 Å². The van der Waals surface area contributed by atoms with Crippen LogP contribution in [-0.2, 0) is 6.42 Å². The first-order valence-electron chi connectivity index (χ1n) is 8.80. The second-order valence-electron chi connectivity index (χ2n) is 6.31. The van der Waals surface area contributed by atoms with Crippen molar-refractivity contribution in [3.05, 3.63) is 90.3 Å². The Morgan fingerprint density at radius 2 is 1.67 bits per heavy atom. The number of aromatic nitrogens is 2. The zero-order valence-electron chi connectivity index (χ0n) is 14.7. The molecule has 0 aliphatic rings. The van der Waals surface area contributed by atoms with Crippen molar-refractivity contribution in [1.82, 2.24) is 15.1 Å². The quantitative estimate of drug-likeness (QED) is 0.572. The van der Waals surface area contributed by atoms with Crippen LogP contribution in [0, 0.1) is 0 Å². The number of para-hydroxylation sites is 1. The minimum Gasteiger partial charge on any atom is -0.507 e. The first-order valence-corrected chi connectivity index (χ1v) is 8.80. The van der Waals surface area contributed by atoms with Crippen molar-refractivity contribution in [2.24, 2.45) is 0 Å². The van der Waals surface area contributed by atoms with E-state index in [1.54, 1.807) is 12.1 Å². The molecule has 27 heavy (non-hydrogen) atoms. The van der Waals surface area contributed by atoms with Gasteiger partial charge >= 0.3 is 0 Å². The molecule has 5 heteroatoms. The van der Waals surface area contributed by atoms with E-state index in [9.17, 15) is 9.90 Å². The number of nitrogens with zero attached hydrogens (tertiary/aromatic N) is 2. The first-order chi connectivity index (χ1) is 13.2. The summed E-state index contributed by atoms with van der Waals surface area (Å²) >= 11 is 0. The maximum absolute atomic E-state index is 12.4. The van der Waals surface area contributed by atoms with Gasteiger partial charge in [0.2, 0.25) is 0 Å². The molecule has 0 fully saturated rings. The van der Waals surface area contributed by atoms with Gasteiger partial charge in [-0.25, -0.2) is 4.68 Å². The van der Waals surface area contributed by atoms with Crippen LogP contribution in [0.1, 0.15) is 16.1 Å². The fourth-order valence-corrected chi connectivity index (χ4v) is 3.03. The van der Waals surface area contributed by atoms with Crippen molar-refractivity contribution in [3.8, 4) is 11.4 Å². The number of benzene rings is 3. The summed E-state index contributed by atoms with van der Waals surface area (Å²) in [5.74, 6) is -0.305. The van der Waals surface area contributed by atoms with Gasteiger partial charge in [0, 0.05) is 19.2 Å². The van der Waals surface area contributed by atoms with Crippen LogP contribution in [0.5, 0.6) is 5.75 Å². The number of carbonyl (C=O) groups excluding carboxylic acids is 1. The third-order valence-corrected chi connectivity index (χ3v) is 4.44. The number of carbonyl (C=O) groups is 1. The van der Waals surface area contributed by atoms with E-state index >= 15 is 0 Å². The Kier molecular flexibility index (Phi) is 4.58. The van der Waals surface area contributed by atoms with Crippen LogP contribution in [-0.4, -0.2) is 27.3 Å². The van der Waals surface area contributed by atoms with E-state index in [-0.39, 0.29) is 17.2 Å². The van der Waals surface area contributed by atoms with Crippen molar-refractivity contribution >= 4 is 16.7 Å². The van der Waals surface area contributed by atoms with Gasteiger partial charge in [-0.1, -0.05) is 42.5 Å². The lowest BCUT2D eigenvalue weighted by Crippen LogP contribution is -2.25. The molecule has 0 aliphatic heterocycles. The Morgan fingerprint density at radius 3 is 2.44 bits per heavy atom. The third-order valence-electron chi connectivity index (χ3n) is 4.44. The minimum atomic E-state index is -0.291. The summed E-state index contributed by atoms with van der Waals surface area (Å²) < 4.78 is 1.81. The molecule has 0 spiro atoms. The molecule has 0 atom stereocenters. The molecule has 134 valence electrons. The van der Waals surface area contributed by atoms with Gasteiger partial charge in [-0.05, 0) is 41.1 Å². The lowest BCUT2D eigenvalue weighted by Gasteiger charge is -2.08. The molecule has 4 rings (SSSR count). The lowest BCUT2D eigenvalue weighted by atomic mass is 10.1. The summed E-state index contributed by atoms with van der Waals surface area (Å²) in [6, 6.07) is 22.8. The van der Waals surface area contributed by atoms with Crippen LogP contribution in [0.3, 0.4) is 0 Å². The molecule has 0 unspecified atom stereocenters. The van der Waals surface area contributed by atoms with Crippen LogP contribution >= 0.6 is 0 Å². The molecule has 1 heterocycles. The molecular formula is C22H19N3O2. The molecule has 4 aromatic rings. The number of phenolic OH excluding ortho intramolecular Hbond substituents is 1. The molecule has 5 nitrogen and oxygen atoms in total. The van der Waals surface area contributed by atoms with E-state index < -0.39 is 0 Å². The highest BCUT2D eigenvalue weighted by Gasteiger charge is 2.12. The highest BCUT2D eigenvalue weighted by atomic mass is 16.3. The molecule has 2 N–H and O–H groups in total. The second kappa shape index (κ2) is 7.33. The third kappa shape index (κ3) is 3.67. The minimum absolute atomic E-state index is 0.0143. The van der Waals surface area contributed by atoms with Crippen LogP contribution in [0.25, 0.3) is 16.5 Å². The number of hydrogen-bond donors (Lipinski definition) is 2. The van der Waals surface area contributed by atoms with Gasteiger partial charge in [-0.2, -0.15) is 5.10 Å². The Hall–Kier alpha value is -3.60. The number of phenols is 1. The van der Waals surface area contributed by atoms with Gasteiger partial charge < -0.3 is 10.4 Å². The predicted octanol–water partition coefficient (Wildman–Crippen LogP) is 3.70. The van der Waals surface area contributed by atoms with Crippen LogP contribution in [0.2, 0.25) is 0 Å². The van der Waals surface area contributed by atoms with Gasteiger partial charge in [-0.3, -0.25) is 4.79 Å². The van der Waals surface area contributed by atoms with Gasteiger partial charge in [0.15, 0.2) is 0 Å². The first kappa shape index (κ1) is 16.8. The summed E-state index contributed by atoms with van der Waals surface area (Å²) in [7, 11) is 0. The highest BCUT2D eigenvalue weighted by Crippen LogP contribution is 2.24. The van der Waals surface area contributed by atoms with E-state index in [0.29, 0.717) is 13.0 Å². The SMILES string of the molecule is O=C(NCCc1ccn(-c2ccccc2)n1)c1cc2ccccc2cc1O. The molecule has 0 saturated heterocycles. The summed E-state index contributed by atoms with van der Waals surface area (Å²) in [5.41, 5.74) is 2.17. The summed E-state index contributed by atoms with van der Waals surface area (Å²) in [4.78, 5) is 12.4. The zero-order valence-corrected chi connectivity index (χ0v) is 14.7. The Balaban J connectivity index is 1.40. The zero-order chi connectivity index (χ0) is 18.6. The monoisotopic (exact) mass is 357 g/mol. The van der Waals surface area contributed by atoms with E-state index in [2.05, 4.69) is 10.4 Å². The molecule has 1 aromatic heterocycles. The van der Waals surface area contributed by atoms with Crippen LogP contribution in [0.15, 0.2) is 79.0 Å². The standard InChI is InChI=1S/C22H19N3O2/c26-21-15-17-7-5-4-6-16(17)14-20(21)22(27)23-12-10-18-11-13-25(24-18)19-8-2-1-3-9-19/h1-9,11,13-15,26H,10,12H2,(H,23,27). The number of amides is 1. The lowest BCUT2D eigenvalue weighted by molar-refractivity contribution is 0.0951. The fraction of sp³-hybridized carbons (Fsp3) is 0.0909. The van der Waals surface area contributed by atoms with E-state index in [1.165, 1.54) is 0 Å². The highest BCUT2D eigenvalue weighted by molar-refractivity contribution is 6.01. The number of nitrogens with one attached hydrogen (secondary N) is 1. The van der Waals surface area contributed by atoms with Crippen molar-refractivity contribution < 1.29 is 9.90 Å². The van der Waals surface area contributed by atoms with Crippen molar-refractivity contribution in [3.63, 3.8) is 0 Å². The molecule has 1 amide bonds. The van der Waals surface area contributed by atoms with Gasteiger partial charge in [0.1, 0.15) is 5.75 Å². The van der Waals surface area contributed by atoms with Crippen molar-refractivity contribution in [2.45, 2.75) is 6.42 Å². The topological polar surface area (TPSA) is 67.2 Å². The summed E-state index contributed by atoms with van der Waals surface area (Å²) in [5, 5.41) is 19.3. The van der Waals surface area contributed by atoms with Crippen molar-refractivity contribution in [1.29, 1.82) is 0 Å². The van der Waals surface area contributed by atoms with Crippen LogP contribution in [0.4, 0.5) is 0 Å². The Morgan fingerprint density at radius 1 is 0.963 bits per heavy atom. The molecular weight excluding hydrogens is 338 g/mol. The number of fused-ring (bicyclic) bond motifs is 1. The second-order valence-corrected chi connectivity index (χ2v) is 6.31. The van der Waals surface area contributed by atoms with Crippen molar-refractivity contribution in [2.75, 3.05) is 6.54 Å². The molecule has 3 aromatic carbocycles. The maximum Gasteiger partial charge on any atom is 0.255 e. The maximum atomic E-state index is 12.4. The van der Waals surface area contributed by atoms with E-state index in [1.807, 2.05) is 71.5 Å². The molecule has 0 saturated carbocycles. The van der Waals surface area contributed by atoms with Gasteiger partial charge in [0.25, 0.3) is 5.91 Å². The summed E-state index contributed by atoms with van der Waals surface area (Å²) in [6.07, 6.45) is 2.52. The largest absolute Gasteiger partial charge is 0.507 e. The average Bonchev–Trinajstić information content (AvgIpc) is 3.17. The Labute approximate surface area is 156 Å². The normalized spacial score (nSPS) is 10.8. The van der Waals surface area contributed by atoms with Gasteiger partial charge in [0.05, 0.1) is 16.9 Å². The van der Waals surface area contributed by atoms with E-state index in [0.717, 1.165) is 22.2 Å². The average molecular weight is 357 g/mol. The number of hydrogen-bond acceptors (Lipinski definition) is 3. The molecule has 0 aliphatic carbocycles. The summed E-state index contributed by atoms with van der Waals surface area (Å²) in [6.45, 7) is 0.441. The number of rotatable bonds is 5. The fourth-order valence-electron chi connectivity index (χ4n) is 3.03. The van der Waals surface area contributed by atoms with E-state index in [4.69, 9.17) is 0 Å². The molecule has 0 radical (unpaired) electrons. The van der Waals surface area contributed by atoms with Gasteiger partial charge in [-0.15, -0.1) is 0 Å². The smallest absolute Gasteiger partial charge is 0.255 e.